The van der Waals surface area contributed by atoms with Crippen molar-refractivity contribution in [2.75, 3.05) is 0 Å². The number of benzene rings is 4. The Balaban J connectivity index is 1.41. The normalized spacial score (nSPS) is 12.3. The lowest BCUT2D eigenvalue weighted by Crippen LogP contribution is -2.00. The molecule has 4 rings (SSSR count). The smallest absolute Gasteiger partial charge is 0.142 e. The molecule has 0 heterocycles. The molecule has 0 radical (unpaired) electrons. The van der Waals surface area contributed by atoms with Crippen molar-refractivity contribution in [2.24, 2.45) is 0 Å². The van der Waals surface area contributed by atoms with Crippen LogP contribution in [0.2, 0.25) is 5.02 Å². The second-order valence-corrected chi connectivity index (χ2v) is 8.68. The highest BCUT2D eigenvalue weighted by atomic mass is 35.5. The second-order valence-electron chi connectivity index (χ2n) is 8.27. The lowest BCUT2D eigenvalue weighted by atomic mass is 9.91. The van der Waals surface area contributed by atoms with E-state index in [9.17, 15) is 13.2 Å². The number of hydrogen-bond donors (Lipinski definition) is 0. The molecule has 4 aromatic rings. The van der Waals surface area contributed by atoms with Crippen molar-refractivity contribution in [1.82, 2.24) is 0 Å². The van der Waals surface area contributed by atoms with Crippen LogP contribution in [0.4, 0.5) is 13.2 Å². The van der Waals surface area contributed by atoms with E-state index >= 15 is 0 Å². The summed E-state index contributed by atoms with van der Waals surface area (Å²) in [5.74, 6) is -2.07. The average molecular weight is 453 g/mol. The summed E-state index contributed by atoms with van der Waals surface area (Å²) in [6, 6.07) is 21.2. The van der Waals surface area contributed by atoms with Crippen molar-refractivity contribution in [3.05, 3.63) is 106 Å². The Morgan fingerprint density at radius 3 is 2.25 bits per heavy atom. The van der Waals surface area contributed by atoms with E-state index in [1.807, 2.05) is 13.0 Å². The topological polar surface area (TPSA) is 0 Å². The minimum absolute atomic E-state index is 0.0162. The quantitative estimate of drug-likeness (QED) is 0.245. The Morgan fingerprint density at radius 2 is 1.50 bits per heavy atom. The molecule has 0 amide bonds. The summed E-state index contributed by atoms with van der Waals surface area (Å²) in [6.45, 7) is 1.98. The number of hydrogen-bond acceptors (Lipinski definition) is 0. The Hall–Kier alpha value is -2.78. The lowest BCUT2D eigenvalue weighted by Gasteiger charge is -2.15. The predicted octanol–water partition coefficient (Wildman–Crippen LogP) is 9.09. The van der Waals surface area contributed by atoms with Crippen LogP contribution in [0.25, 0.3) is 21.9 Å². The summed E-state index contributed by atoms with van der Waals surface area (Å²) in [5, 5.41) is 2.44. The molecule has 0 fully saturated rings. The maximum absolute atomic E-state index is 14.8. The standard InChI is InChI=1S/C28H24ClF3/c1-18(7-2-3-8-19-10-6-11-20-9-4-5-12-23(19)20)22-16-26(31)28(27(32)17-22)21-13-14-24(29)25(30)15-21/h4-6,9-18H,2-3,7-8H2,1H3. The van der Waals surface area contributed by atoms with E-state index in [1.165, 1.54) is 40.6 Å². The van der Waals surface area contributed by atoms with Gasteiger partial charge in [-0.15, -0.1) is 0 Å². The van der Waals surface area contributed by atoms with E-state index in [2.05, 4.69) is 36.4 Å². The fourth-order valence-corrected chi connectivity index (χ4v) is 4.37. The van der Waals surface area contributed by atoms with Gasteiger partial charge in [0.2, 0.25) is 0 Å². The molecule has 0 spiro atoms. The summed E-state index contributed by atoms with van der Waals surface area (Å²) < 4.78 is 43.2. The zero-order chi connectivity index (χ0) is 22.7. The van der Waals surface area contributed by atoms with Crippen molar-refractivity contribution in [3.8, 4) is 11.1 Å². The van der Waals surface area contributed by atoms with E-state index in [-0.39, 0.29) is 22.1 Å². The maximum atomic E-state index is 14.8. The molecular weight excluding hydrogens is 429 g/mol. The van der Waals surface area contributed by atoms with Crippen LogP contribution in [0.3, 0.4) is 0 Å². The Morgan fingerprint density at radius 1 is 0.781 bits per heavy atom. The largest absolute Gasteiger partial charge is 0.206 e. The molecule has 0 bridgehead atoms. The van der Waals surface area contributed by atoms with E-state index in [0.29, 0.717) is 5.56 Å². The van der Waals surface area contributed by atoms with E-state index < -0.39 is 17.5 Å². The molecule has 0 N–H and O–H groups in total. The van der Waals surface area contributed by atoms with Gasteiger partial charge in [-0.25, -0.2) is 13.2 Å². The second kappa shape index (κ2) is 9.79. The third-order valence-corrected chi connectivity index (χ3v) is 6.36. The van der Waals surface area contributed by atoms with Gasteiger partial charge in [0.1, 0.15) is 17.5 Å². The van der Waals surface area contributed by atoms with Crippen molar-refractivity contribution in [3.63, 3.8) is 0 Å². The fourth-order valence-electron chi connectivity index (χ4n) is 4.25. The summed E-state index contributed by atoms with van der Waals surface area (Å²) in [6.07, 6.45) is 3.76. The molecule has 4 aromatic carbocycles. The first-order valence-electron chi connectivity index (χ1n) is 10.8. The number of rotatable bonds is 7. The van der Waals surface area contributed by atoms with Gasteiger partial charge in [-0.05, 0) is 76.9 Å². The van der Waals surface area contributed by atoms with Gasteiger partial charge in [0.15, 0.2) is 0 Å². The monoisotopic (exact) mass is 452 g/mol. The van der Waals surface area contributed by atoms with E-state index in [1.54, 1.807) is 0 Å². The SMILES string of the molecule is CC(CCCCc1cccc2ccccc12)c1cc(F)c(-c2ccc(Cl)c(F)c2)c(F)c1. The van der Waals surface area contributed by atoms with Gasteiger partial charge in [0.05, 0.1) is 10.6 Å². The van der Waals surface area contributed by atoms with Crippen LogP contribution in [-0.2, 0) is 6.42 Å². The molecule has 0 aliphatic rings. The third-order valence-electron chi connectivity index (χ3n) is 6.05. The molecule has 0 nitrogen and oxygen atoms in total. The summed E-state index contributed by atoms with van der Waals surface area (Å²) in [7, 11) is 0. The predicted molar refractivity (Wildman–Crippen MR) is 127 cm³/mol. The van der Waals surface area contributed by atoms with Crippen LogP contribution >= 0.6 is 11.6 Å². The van der Waals surface area contributed by atoms with Crippen LogP contribution in [-0.4, -0.2) is 0 Å². The zero-order valence-corrected chi connectivity index (χ0v) is 18.6. The van der Waals surface area contributed by atoms with Crippen molar-refractivity contribution in [1.29, 1.82) is 0 Å². The van der Waals surface area contributed by atoms with Gasteiger partial charge >= 0.3 is 0 Å². The van der Waals surface area contributed by atoms with Crippen LogP contribution in [0, 0.1) is 17.5 Å². The zero-order valence-electron chi connectivity index (χ0n) is 17.8. The molecule has 1 atom stereocenters. The van der Waals surface area contributed by atoms with Gasteiger partial charge in [0.25, 0.3) is 0 Å². The van der Waals surface area contributed by atoms with Crippen LogP contribution in [0.5, 0.6) is 0 Å². The van der Waals surface area contributed by atoms with Gasteiger partial charge in [-0.3, -0.25) is 0 Å². The highest BCUT2D eigenvalue weighted by molar-refractivity contribution is 6.30. The molecule has 0 aliphatic heterocycles. The van der Waals surface area contributed by atoms with Crippen molar-refractivity contribution < 1.29 is 13.2 Å². The summed E-state index contributed by atoms with van der Waals surface area (Å²) >= 11 is 5.68. The molecule has 164 valence electrons. The molecule has 32 heavy (non-hydrogen) atoms. The minimum atomic E-state index is -0.702. The third kappa shape index (κ3) is 4.83. The maximum Gasteiger partial charge on any atom is 0.142 e. The summed E-state index contributed by atoms with van der Waals surface area (Å²) in [5.41, 5.74) is 1.85. The van der Waals surface area contributed by atoms with Crippen molar-refractivity contribution in [2.45, 2.75) is 38.5 Å². The fraction of sp³-hybridized carbons (Fsp3) is 0.214. The highest BCUT2D eigenvalue weighted by Gasteiger charge is 2.17. The first kappa shape index (κ1) is 22.4. The highest BCUT2D eigenvalue weighted by Crippen LogP contribution is 2.33. The van der Waals surface area contributed by atoms with Gasteiger partial charge < -0.3 is 0 Å². The van der Waals surface area contributed by atoms with Crippen LogP contribution in [0.15, 0.2) is 72.8 Å². The molecule has 0 saturated heterocycles. The van der Waals surface area contributed by atoms with Crippen LogP contribution in [0.1, 0.15) is 43.2 Å². The Labute approximate surface area is 191 Å². The first-order valence-corrected chi connectivity index (χ1v) is 11.2. The number of halogens is 4. The van der Waals surface area contributed by atoms with Crippen LogP contribution < -0.4 is 0 Å². The average Bonchev–Trinajstić information content (AvgIpc) is 2.78. The van der Waals surface area contributed by atoms with E-state index in [0.717, 1.165) is 31.7 Å². The van der Waals surface area contributed by atoms with Gasteiger partial charge in [-0.2, -0.15) is 0 Å². The Kier molecular flexibility index (Phi) is 6.86. The lowest BCUT2D eigenvalue weighted by molar-refractivity contribution is 0.566. The minimum Gasteiger partial charge on any atom is -0.206 e. The molecular formula is C28H24ClF3. The van der Waals surface area contributed by atoms with Crippen molar-refractivity contribution >= 4 is 22.4 Å². The molecule has 1 unspecified atom stereocenters. The molecule has 4 heteroatoms. The number of fused-ring (bicyclic) bond motifs is 1. The van der Waals surface area contributed by atoms with Gasteiger partial charge in [-0.1, -0.05) is 73.5 Å². The van der Waals surface area contributed by atoms with E-state index in [4.69, 9.17) is 11.6 Å². The molecule has 0 aliphatic carbocycles. The number of unbranched alkanes of at least 4 members (excludes halogenated alkanes) is 1. The first-order chi connectivity index (χ1) is 15.4. The molecule has 0 aromatic heterocycles. The summed E-state index contributed by atoms with van der Waals surface area (Å²) in [4.78, 5) is 0. The molecule has 0 saturated carbocycles. The van der Waals surface area contributed by atoms with Gasteiger partial charge in [0, 0.05) is 0 Å². The Bertz CT molecular complexity index is 1220. The number of aryl methyl sites for hydroxylation is 1.